The number of piperidine rings is 1. The van der Waals surface area contributed by atoms with Gasteiger partial charge in [-0.05, 0) is 30.9 Å². The van der Waals surface area contributed by atoms with Gasteiger partial charge in [-0.2, -0.15) is 18.3 Å². The lowest BCUT2D eigenvalue weighted by molar-refractivity contribution is -0.192. The highest BCUT2D eigenvalue weighted by atomic mass is 19.4. The summed E-state index contributed by atoms with van der Waals surface area (Å²) in [5, 5.41) is 12.2. The SMILES string of the molecule is O=C(O)C(F)(F)F.O=C(c1cc2[nH]c(=O)c3ccccc3n2n1)N1CCC(CN2CCOCC2)CC1. The van der Waals surface area contributed by atoms with E-state index in [0.717, 1.165) is 58.8 Å². The van der Waals surface area contributed by atoms with Gasteiger partial charge in [0, 0.05) is 38.8 Å². The number of carbonyl (C=O) groups excluding carboxylic acids is 1. The Balaban J connectivity index is 0.000000384. The molecule has 0 spiro atoms. The fourth-order valence-corrected chi connectivity index (χ4v) is 4.42. The van der Waals surface area contributed by atoms with Crippen LogP contribution in [0.2, 0.25) is 0 Å². The lowest BCUT2D eigenvalue weighted by Crippen LogP contribution is -2.44. The van der Waals surface area contributed by atoms with Gasteiger partial charge in [0.05, 0.1) is 24.1 Å². The van der Waals surface area contributed by atoms with E-state index in [1.54, 1.807) is 16.6 Å². The number of fused-ring (bicyclic) bond motifs is 3. The van der Waals surface area contributed by atoms with E-state index in [4.69, 9.17) is 14.6 Å². The highest BCUT2D eigenvalue weighted by Gasteiger charge is 2.38. The number of rotatable bonds is 3. The number of H-pyrrole nitrogens is 1. The minimum absolute atomic E-state index is 0.0662. The topological polar surface area (TPSA) is 120 Å². The van der Waals surface area contributed by atoms with Crippen LogP contribution >= 0.6 is 0 Å². The number of hydrogen-bond donors (Lipinski definition) is 2. The summed E-state index contributed by atoms with van der Waals surface area (Å²) in [7, 11) is 0. The molecule has 0 saturated carbocycles. The number of alkyl halides is 3. The number of aromatic nitrogens is 3. The van der Waals surface area contributed by atoms with Crippen LogP contribution in [-0.4, -0.2) is 93.5 Å². The largest absolute Gasteiger partial charge is 0.490 e. The first-order chi connectivity index (χ1) is 17.1. The summed E-state index contributed by atoms with van der Waals surface area (Å²) in [6.45, 7) is 6.24. The van der Waals surface area contributed by atoms with Crippen LogP contribution in [0, 0.1) is 5.92 Å². The van der Waals surface area contributed by atoms with Crippen molar-refractivity contribution in [3.05, 3.63) is 46.4 Å². The molecule has 2 aliphatic rings. The number of benzene rings is 1. The van der Waals surface area contributed by atoms with Crippen LogP contribution in [0.25, 0.3) is 16.6 Å². The number of carbonyl (C=O) groups is 2. The first-order valence-electron chi connectivity index (χ1n) is 11.5. The normalized spacial score (nSPS) is 17.7. The van der Waals surface area contributed by atoms with Gasteiger partial charge in [-0.15, -0.1) is 0 Å². The molecule has 5 rings (SSSR count). The van der Waals surface area contributed by atoms with Crippen molar-refractivity contribution in [3.63, 3.8) is 0 Å². The number of nitrogens with zero attached hydrogens (tertiary/aromatic N) is 4. The maximum atomic E-state index is 13.0. The van der Waals surface area contributed by atoms with Crippen molar-refractivity contribution in [1.29, 1.82) is 0 Å². The van der Waals surface area contributed by atoms with Crippen molar-refractivity contribution < 1.29 is 32.6 Å². The zero-order chi connectivity index (χ0) is 25.9. The van der Waals surface area contributed by atoms with Crippen LogP contribution in [0.15, 0.2) is 35.1 Å². The Kier molecular flexibility index (Phi) is 7.59. The Morgan fingerprint density at radius 1 is 1.11 bits per heavy atom. The van der Waals surface area contributed by atoms with Crippen LogP contribution in [-0.2, 0) is 9.53 Å². The number of morpholine rings is 1. The molecule has 0 aliphatic carbocycles. The van der Waals surface area contributed by atoms with E-state index in [1.807, 2.05) is 23.1 Å². The summed E-state index contributed by atoms with van der Waals surface area (Å²) in [5.41, 5.74) is 1.45. The second-order valence-electron chi connectivity index (χ2n) is 8.75. The summed E-state index contributed by atoms with van der Waals surface area (Å²) < 4.78 is 38.8. The predicted molar refractivity (Wildman–Crippen MR) is 123 cm³/mol. The lowest BCUT2D eigenvalue weighted by Gasteiger charge is -2.35. The molecular formula is C23H26F3N5O5. The Labute approximate surface area is 203 Å². The summed E-state index contributed by atoms with van der Waals surface area (Å²) in [6.07, 6.45) is -3.06. The molecule has 0 unspecified atom stereocenters. The van der Waals surface area contributed by atoms with E-state index in [2.05, 4.69) is 15.0 Å². The number of aromatic amines is 1. The molecule has 2 aliphatic heterocycles. The molecule has 0 bridgehead atoms. The number of aliphatic carboxylic acids is 1. The van der Waals surface area contributed by atoms with Gasteiger partial charge in [0.25, 0.3) is 11.5 Å². The number of halogens is 3. The summed E-state index contributed by atoms with van der Waals surface area (Å²) in [5.74, 6) is -2.20. The first-order valence-corrected chi connectivity index (χ1v) is 11.5. The fraction of sp³-hybridized carbons (Fsp3) is 0.478. The average molecular weight is 509 g/mol. The van der Waals surface area contributed by atoms with Gasteiger partial charge < -0.3 is 19.7 Å². The number of para-hydroxylation sites is 1. The molecule has 10 nitrogen and oxygen atoms in total. The Bertz CT molecular complexity index is 1290. The van der Waals surface area contributed by atoms with Crippen LogP contribution in [0.4, 0.5) is 13.2 Å². The minimum atomic E-state index is -5.08. The molecular weight excluding hydrogens is 483 g/mol. The number of carboxylic acids is 1. The van der Waals surface area contributed by atoms with E-state index >= 15 is 0 Å². The minimum Gasteiger partial charge on any atom is -0.475 e. The van der Waals surface area contributed by atoms with Crippen molar-refractivity contribution in [2.24, 2.45) is 5.92 Å². The molecule has 36 heavy (non-hydrogen) atoms. The molecule has 2 aromatic heterocycles. The molecule has 3 aromatic rings. The average Bonchev–Trinajstić information content (AvgIpc) is 3.29. The maximum absolute atomic E-state index is 13.0. The summed E-state index contributed by atoms with van der Waals surface area (Å²) in [6, 6.07) is 8.96. The fourth-order valence-electron chi connectivity index (χ4n) is 4.42. The van der Waals surface area contributed by atoms with Crippen LogP contribution in [0.5, 0.6) is 0 Å². The third-order valence-corrected chi connectivity index (χ3v) is 6.31. The maximum Gasteiger partial charge on any atom is 0.490 e. The van der Waals surface area contributed by atoms with Gasteiger partial charge in [0.1, 0.15) is 5.65 Å². The zero-order valence-electron chi connectivity index (χ0n) is 19.3. The second-order valence-corrected chi connectivity index (χ2v) is 8.75. The van der Waals surface area contributed by atoms with E-state index in [0.29, 0.717) is 28.2 Å². The summed E-state index contributed by atoms with van der Waals surface area (Å²) in [4.78, 5) is 41.4. The molecule has 4 heterocycles. The number of ether oxygens (including phenoxy) is 1. The van der Waals surface area contributed by atoms with Gasteiger partial charge in [-0.25, -0.2) is 9.31 Å². The Morgan fingerprint density at radius 2 is 1.75 bits per heavy atom. The van der Waals surface area contributed by atoms with Gasteiger partial charge in [-0.1, -0.05) is 12.1 Å². The lowest BCUT2D eigenvalue weighted by atomic mass is 9.96. The van der Waals surface area contributed by atoms with Crippen LogP contribution < -0.4 is 5.56 Å². The molecule has 2 saturated heterocycles. The van der Waals surface area contributed by atoms with Crippen LogP contribution in [0.3, 0.4) is 0 Å². The molecule has 13 heteroatoms. The van der Waals surface area contributed by atoms with Gasteiger partial charge in [-0.3, -0.25) is 14.5 Å². The number of carboxylic acid groups (broad SMARTS) is 1. The van der Waals surface area contributed by atoms with E-state index in [9.17, 15) is 22.8 Å². The monoisotopic (exact) mass is 509 g/mol. The zero-order valence-corrected chi connectivity index (χ0v) is 19.3. The second kappa shape index (κ2) is 10.7. The Hall–Kier alpha value is -3.45. The number of likely N-dealkylation sites (tertiary alicyclic amines) is 1. The highest BCUT2D eigenvalue weighted by molar-refractivity contribution is 5.94. The van der Waals surface area contributed by atoms with Crippen molar-refractivity contribution in [2.45, 2.75) is 19.0 Å². The van der Waals surface area contributed by atoms with E-state index < -0.39 is 12.1 Å². The third-order valence-electron chi connectivity index (χ3n) is 6.31. The third kappa shape index (κ3) is 5.85. The van der Waals surface area contributed by atoms with Crippen LogP contribution in [0.1, 0.15) is 23.3 Å². The first kappa shape index (κ1) is 25.6. The van der Waals surface area contributed by atoms with Gasteiger partial charge in [0.2, 0.25) is 0 Å². The van der Waals surface area contributed by atoms with Crippen molar-refractivity contribution in [3.8, 4) is 0 Å². The van der Waals surface area contributed by atoms with Crippen molar-refractivity contribution in [2.75, 3.05) is 45.9 Å². The number of hydrogen-bond acceptors (Lipinski definition) is 6. The number of amides is 1. The molecule has 194 valence electrons. The standard InChI is InChI=1S/C21H25N5O3.C2HF3O2/c27-20-16-3-1-2-4-18(16)26-19(22-20)13-17(23-26)21(28)25-7-5-15(6-8-25)14-24-9-11-29-12-10-24;3-2(4,5)1(6)7/h1-4,13,15H,5-12,14H2,(H,22,27);(H,6,7). The molecule has 1 aromatic carbocycles. The van der Waals surface area contributed by atoms with E-state index in [-0.39, 0.29) is 11.5 Å². The van der Waals surface area contributed by atoms with Gasteiger partial charge in [0.15, 0.2) is 5.69 Å². The number of nitrogens with one attached hydrogen (secondary N) is 1. The van der Waals surface area contributed by atoms with Gasteiger partial charge >= 0.3 is 12.1 Å². The smallest absolute Gasteiger partial charge is 0.475 e. The van der Waals surface area contributed by atoms with E-state index in [1.165, 1.54) is 0 Å². The summed E-state index contributed by atoms with van der Waals surface area (Å²) >= 11 is 0. The molecule has 0 radical (unpaired) electrons. The van der Waals surface area contributed by atoms with Crippen molar-refractivity contribution >= 4 is 28.4 Å². The molecule has 1 amide bonds. The quantitative estimate of drug-likeness (QED) is 0.554. The molecule has 2 N–H and O–H groups in total. The predicted octanol–water partition coefficient (Wildman–Crippen LogP) is 1.99. The molecule has 0 atom stereocenters. The van der Waals surface area contributed by atoms with Crippen molar-refractivity contribution in [1.82, 2.24) is 24.4 Å². The highest BCUT2D eigenvalue weighted by Crippen LogP contribution is 2.21. The molecule has 2 fully saturated rings. The Morgan fingerprint density at radius 3 is 2.39 bits per heavy atom.